The van der Waals surface area contributed by atoms with Gasteiger partial charge in [0, 0.05) is 29.5 Å². The zero-order valence-corrected chi connectivity index (χ0v) is 23.2. The Morgan fingerprint density at radius 1 is 1.15 bits per heavy atom. The van der Waals surface area contributed by atoms with Gasteiger partial charge in [-0.15, -0.1) is 0 Å². The number of hydrogen-bond donors (Lipinski definition) is 5. The fraction of sp³-hybridized carbons (Fsp3) is 0.469. The number of phenolic OH excluding ortho intramolecular Hbond substituents is 1. The SMILES string of the molecule is CCC1C(=O)C(C(N)=O)=C(O)[C@@]2(O)C(=O)C3=C(O)c4c(O)c(CN5CCCCC5)cc(C5=CCC=C5)c4C[C@H]3C[C@@H]12. The molecule has 1 saturated heterocycles. The van der Waals surface area contributed by atoms with Crippen molar-refractivity contribution in [2.45, 2.75) is 64.0 Å². The molecule has 9 nitrogen and oxygen atoms in total. The maximum Gasteiger partial charge on any atom is 0.255 e. The molecule has 1 heterocycles. The van der Waals surface area contributed by atoms with E-state index >= 15 is 0 Å². The summed E-state index contributed by atoms with van der Waals surface area (Å²) in [5.41, 5.74) is 5.29. The first kappa shape index (κ1) is 27.5. The first-order valence-electron chi connectivity index (χ1n) is 14.5. The number of piperidine rings is 1. The molecule has 1 aliphatic heterocycles. The molecule has 0 radical (unpaired) electrons. The van der Waals surface area contributed by atoms with Crippen molar-refractivity contribution in [2.24, 2.45) is 23.5 Å². The summed E-state index contributed by atoms with van der Waals surface area (Å²) in [6.45, 7) is 4.01. The molecule has 1 unspecified atom stereocenters. The molecule has 0 bridgehead atoms. The monoisotopic (exact) mass is 560 g/mol. The number of ketones is 2. The summed E-state index contributed by atoms with van der Waals surface area (Å²) in [4.78, 5) is 41.6. The molecular formula is C32H36N2O7. The van der Waals surface area contributed by atoms with E-state index in [-0.39, 0.29) is 29.7 Å². The fourth-order valence-electron chi connectivity index (χ4n) is 7.77. The van der Waals surface area contributed by atoms with Crippen LogP contribution in [0.5, 0.6) is 5.75 Å². The van der Waals surface area contributed by atoms with Crippen molar-refractivity contribution in [3.05, 3.63) is 63.5 Å². The lowest BCUT2D eigenvalue weighted by Gasteiger charge is -2.49. The van der Waals surface area contributed by atoms with Crippen molar-refractivity contribution in [1.82, 2.24) is 4.90 Å². The van der Waals surface area contributed by atoms with Crippen LogP contribution < -0.4 is 5.73 Å². The predicted molar refractivity (Wildman–Crippen MR) is 151 cm³/mol. The number of aliphatic hydroxyl groups is 3. The Morgan fingerprint density at radius 3 is 2.51 bits per heavy atom. The van der Waals surface area contributed by atoms with E-state index in [0.717, 1.165) is 43.5 Å². The molecular weight excluding hydrogens is 524 g/mol. The van der Waals surface area contributed by atoms with Crippen LogP contribution in [0.3, 0.4) is 0 Å². The quantitative estimate of drug-likeness (QED) is 0.343. The highest BCUT2D eigenvalue weighted by Gasteiger charge is 2.63. The number of benzene rings is 1. The van der Waals surface area contributed by atoms with Crippen LogP contribution in [0.15, 0.2) is 41.2 Å². The first-order valence-corrected chi connectivity index (χ1v) is 14.5. The largest absolute Gasteiger partial charge is 0.508 e. The van der Waals surface area contributed by atoms with E-state index in [1.54, 1.807) is 6.92 Å². The van der Waals surface area contributed by atoms with Crippen molar-refractivity contribution in [2.75, 3.05) is 13.1 Å². The molecule has 6 rings (SSSR count). The van der Waals surface area contributed by atoms with E-state index in [4.69, 9.17) is 5.73 Å². The Kier molecular flexibility index (Phi) is 6.70. The van der Waals surface area contributed by atoms with Crippen LogP contribution in [-0.4, -0.2) is 61.5 Å². The molecule has 1 aromatic rings. The number of aromatic hydroxyl groups is 1. The third-order valence-corrected chi connectivity index (χ3v) is 9.78. The molecule has 0 spiro atoms. The van der Waals surface area contributed by atoms with Gasteiger partial charge in [0.05, 0.1) is 5.56 Å². The molecule has 1 amide bonds. The minimum Gasteiger partial charge on any atom is -0.508 e. The van der Waals surface area contributed by atoms with Gasteiger partial charge in [-0.3, -0.25) is 19.3 Å². The van der Waals surface area contributed by atoms with E-state index in [2.05, 4.69) is 11.0 Å². The van der Waals surface area contributed by atoms with Crippen LogP contribution in [-0.2, 0) is 27.3 Å². The smallest absolute Gasteiger partial charge is 0.255 e. The average Bonchev–Trinajstić information content (AvgIpc) is 3.48. The summed E-state index contributed by atoms with van der Waals surface area (Å²) in [5.74, 6) is -6.94. The minimum atomic E-state index is -2.59. The van der Waals surface area contributed by atoms with Gasteiger partial charge in [-0.25, -0.2) is 0 Å². The topological polar surface area (TPSA) is 161 Å². The number of phenols is 1. The lowest BCUT2D eigenvalue weighted by molar-refractivity contribution is -0.153. The van der Waals surface area contributed by atoms with Crippen LogP contribution in [0.4, 0.5) is 0 Å². The molecule has 5 aliphatic rings. The summed E-state index contributed by atoms with van der Waals surface area (Å²) >= 11 is 0. The summed E-state index contributed by atoms with van der Waals surface area (Å²) in [6.07, 6.45) is 10.9. The minimum absolute atomic E-state index is 0.106. The van der Waals surface area contributed by atoms with Gasteiger partial charge in [0.1, 0.15) is 22.8 Å². The van der Waals surface area contributed by atoms with Crippen molar-refractivity contribution in [1.29, 1.82) is 0 Å². The van der Waals surface area contributed by atoms with Crippen LogP contribution in [0.25, 0.3) is 11.3 Å². The Labute approximate surface area is 238 Å². The predicted octanol–water partition coefficient (Wildman–Crippen LogP) is 3.39. The lowest BCUT2D eigenvalue weighted by atomic mass is 9.55. The maximum atomic E-state index is 14.1. The molecule has 216 valence electrons. The number of carbonyl (C=O) groups is 3. The van der Waals surface area contributed by atoms with Gasteiger partial charge < -0.3 is 26.2 Å². The van der Waals surface area contributed by atoms with Gasteiger partial charge in [-0.1, -0.05) is 31.6 Å². The van der Waals surface area contributed by atoms with E-state index < -0.39 is 57.9 Å². The summed E-state index contributed by atoms with van der Waals surface area (Å²) < 4.78 is 0. The number of carbonyl (C=O) groups excluding carboxylic acids is 3. The van der Waals surface area contributed by atoms with Gasteiger partial charge in [0.15, 0.2) is 11.4 Å². The third kappa shape index (κ3) is 4.00. The second-order valence-corrected chi connectivity index (χ2v) is 12.0. The van der Waals surface area contributed by atoms with Crippen molar-refractivity contribution >= 4 is 28.8 Å². The number of rotatable bonds is 5. The second-order valence-electron chi connectivity index (χ2n) is 12.0. The molecule has 0 aromatic heterocycles. The van der Waals surface area contributed by atoms with E-state index in [9.17, 15) is 34.8 Å². The van der Waals surface area contributed by atoms with Crippen molar-refractivity contribution < 1.29 is 34.8 Å². The summed E-state index contributed by atoms with van der Waals surface area (Å²) in [6, 6.07) is 1.98. The zero-order chi connectivity index (χ0) is 29.2. The zero-order valence-electron chi connectivity index (χ0n) is 23.2. The average molecular weight is 561 g/mol. The number of nitrogens with two attached hydrogens (primary N) is 1. The van der Waals surface area contributed by atoms with Crippen LogP contribution in [0.1, 0.15) is 67.7 Å². The van der Waals surface area contributed by atoms with Crippen LogP contribution in [0.2, 0.25) is 0 Å². The molecule has 41 heavy (non-hydrogen) atoms. The highest BCUT2D eigenvalue weighted by Crippen LogP contribution is 2.55. The summed E-state index contributed by atoms with van der Waals surface area (Å²) in [7, 11) is 0. The van der Waals surface area contributed by atoms with Gasteiger partial charge >= 0.3 is 0 Å². The van der Waals surface area contributed by atoms with Gasteiger partial charge in [-0.05, 0) is 80.3 Å². The third-order valence-electron chi connectivity index (χ3n) is 9.78. The Balaban J connectivity index is 1.53. The standard InChI is InChI=1S/C32H36N2O7/c1-2-19-22-14-17-12-21-20(16-8-4-5-9-16)13-18(15-34-10-6-3-7-11-34)26(35)24(21)28(37)23(17)29(38)32(22,41)30(39)25(27(19)36)31(33)40/h4,8-9,13,17,19,22,35,37,39,41H,2-3,5-7,10-12,14-15H2,1H3,(H2,33,40)/t17-,19?,22-,32-/m0/s1. The molecule has 6 N–H and O–H groups in total. The van der Waals surface area contributed by atoms with Crippen LogP contribution in [0, 0.1) is 17.8 Å². The van der Waals surface area contributed by atoms with Crippen molar-refractivity contribution in [3.63, 3.8) is 0 Å². The number of Topliss-reactive ketones (excluding diaryl/α,β-unsaturated/α-hetero) is 2. The number of amides is 1. The first-order chi connectivity index (χ1) is 19.6. The molecule has 4 atom stereocenters. The Hall–Kier alpha value is -3.69. The number of nitrogens with zero attached hydrogens (tertiary/aromatic N) is 1. The molecule has 4 aliphatic carbocycles. The number of primary amides is 1. The maximum absolute atomic E-state index is 14.1. The molecule has 1 aromatic carbocycles. The highest BCUT2D eigenvalue weighted by atomic mass is 16.3. The van der Waals surface area contributed by atoms with Gasteiger partial charge in [0.25, 0.3) is 5.91 Å². The van der Waals surface area contributed by atoms with Gasteiger partial charge in [-0.2, -0.15) is 0 Å². The van der Waals surface area contributed by atoms with Crippen LogP contribution >= 0.6 is 0 Å². The number of aliphatic hydroxyl groups excluding tert-OH is 2. The highest BCUT2D eigenvalue weighted by molar-refractivity contribution is 6.23. The number of fused-ring (bicyclic) bond motifs is 3. The molecule has 9 heteroatoms. The fourth-order valence-corrected chi connectivity index (χ4v) is 7.77. The lowest BCUT2D eigenvalue weighted by Crippen LogP contribution is -2.61. The van der Waals surface area contributed by atoms with E-state index in [1.807, 2.05) is 18.2 Å². The number of allylic oxidation sites excluding steroid dienone is 4. The Bertz CT molecular complexity index is 1490. The number of hydrogen-bond acceptors (Lipinski definition) is 8. The Morgan fingerprint density at radius 2 is 1.88 bits per heavy atom. The molecule has 1 saturated carbocycles. The van der Waals surface area contributed by atoms with Crippen molar-refractivity contribution in [3.8, 4) is 5.75 Å². The molecule has 2 fully saturated rings. The number of likely N-dealkylation sites (tertiary alicyclic amines) is 1. The van der Waals surface area contributed by atoms with E-state index in [1.165, 1.54) is 6.42 Å². The normalized spacial score (nSPS) is 29.8. The summed E-state index contributed by atoms with van der Waals surface area (Å²) in [5, 5.41) is 46.1. The van der Waals surface area contributed by atoms with Gasteiger partial charge in [0.2, 0.25) is 5.78 Å². The van der Waals surface area contributed by atoms with E-state index in [0.29, 0.717) is 24.1 Å². The second kappa shape index (κ2) is 9.99.